The van der Waals surface area contributed by atoms with Gasteiger partial charge in [0.1, 0.15) is 18.5 Å². The van der Waals surface area contributed by atoms with Crippen LogP contribution in [0.2, 0.25) is 0 Å². The summed E-state index contributed by atoms with van der Waals surface area (Å²) >= 11 is 0. The number of rotatable bonds is 4. The zero-order chi connectivity index (χ0) is 16.4. The lowest BCUT2D eigenvalue weighted by Gasteiger charge is -2.33. The van der Waals surface area contributed by atoms with Gasteiger partial charge < -0.3 is 9.47 Å². The van der Waals surface area contributed by atoms with Crippen molar-refractivity contribution in [1.82, 2.24) is 24.7 Å². The summed E-state index contributed by atoms with van der Waals surface area (Å²) < 4.78 is 16.5. The molecule has 1 saturated heterocycles. The maximum absolute atomic E-state index is 14.4. The maximum atomic E-state index is 14.4. The van der Waals surface area contributed by atoms with E-state index in [2.05, 4.69) is 38.6 Å². The van der Waals surface area contributed by atoms with Crippen molar-refractivity contribution in [2.45, 2.75) is 52.0 Å². The van der Waals surface area contributed by atoms with Gasteiger partial charge in [-0.2, -0.15) is 0 Å². The molecular formula is C16H23FN6. The molecule has 3 rings (SSSR count). The summed E-state index contributed by atoms with van der Waals surface area (Å²) in [5.74, 6) is 1.56. The van der Waals surface area contributed by atoms with Crippen molar-refractivity contribution in [3.05, 3.63) is 30.0 Å². The number of piperidine rings is 1. The van der Waals surface area contributed by atoms with E-state index in [9.17, 15) is 4.39 Å². The molecule has 1 aliphatic heterocycles. The Morgan fingerprint density at radius 1 is 1.26 bits per heavy atom. The minimum absolute atomic E-state index is 0.279. The molecule has 1 fully saturated rings. The summed E-state index contributed by atoms with van der Waals surface area (Å²) in [6, 6.07) is 0.351. The molecule has 0 aromatic carbocycles. The molecule has 0 atom stereocenters. The molecular weight excluding hydrogens is 295 g/mol. The third-order valence-electron chi connectivity index (χ3n) is 4.49. The van der Waals surface area contributed by atoms with E-state index >= 15 is 0 Å². The quantitative estimate of drug-likeness (QED) is 0.867. The van der Waals surface area contributed by atoms with Crippen molar-refractivity contribution in [3.63, 3.8) is 0 Å². The summed E-state index contributed by atoms with van der Waals surface area (Å²) in [5, 5.41) is 8.35. The lowest BCUT2D eigenvalue weighted by atomic mass is 9.95. The second-order valence-electron chi connectivity index (χ2n) is 6.26. The van der Waals surface area contributed by atoms with Gasteiger partial charge in [-0.3, -0.25) is 0 Å². The predicted molar refractivity (Wildman–Crippen MR) is 86.0 cm³/mol. The van der Waals surface area contributed by atoms with Gasteiger partial charge in [0.15, 0.2) is 11.6 Å². The van der Waals surface area contributed by atoms with Crippen LogP contribution in [0.25, 0.3) is 0 Å². The minimum Gasteiger partial charge on any atom is -0.354 e. The Morgan fingerprint density at radius 2 is 2.00 bits per heavy atom. The van der Waals surface area contributed by atoms with Crippen LogP contribution in [-0.2, 0) is 6.42 Å². The third kappa shape index (κ3) is 3.04. The predicted octanol–water partition coefficient (Wildman–Crippen LogP) is 2.73. The average Bonchev–Trinajstić information content (AvgIpc) is 3.05. The van der Waals surface area contributed by atoms with Gasteiger partial charge in [-0.05, 0) is 33.1 Å². The van der Waals surface area contributed by atoms with Crippen molar-refractivity contribution in [2.24, 2.45) is 0 Å². The summed E-state index contributed by atoms with van der Waals surface area (Å²) in [7, 11) is 0. The molecule has 0 saturated carbocycles. The van der Waals surface area contributed by atoms with Crippen molar-refractivity contribution in [2.75, 3.05) is 18.0 Å². The van der Waals surface area contributed by atoms with Crippen LogP contribution in [0, 0.1) is 5.82 Å². The Hall–Kier alpha value is -2.05. The van der Waals surface area contributed by atoms with Crippen molar-refractivity contribution >= 4 is 5.82 Å². The Labute approximate surface area is 135 Å². The van der Waals surface area contributed by atoms with E-state index in [4.69, 9.17) is 0 Å². The molecule has 0 N–H and O–H groups in total. The van der Waals surface area contributed by atoms with Crippen LogP contribution in [0.15, 0.2) is 12.7 Å². The van der Waals surface area contributed by atoms with Gasteiger partial charge in [-0.1, -0.05) is 6.92 Å². The molecule has 3 heterocycles. The van der Waals surface area contributed by atoms with Gasteiger partial charge in [0.2, 0.25) is 0 Å². The molecule has 0 bridgehead atoms. The monoisotopic (exact) mass is 318 g/mol. The third-order valence-corrected chi connectivity index (χ3v) is 4.49. The molecule has 7 heteroatoms. The van der Waals surface area contributed by atoms with Crippen LogP contribution in [0.4, 0.5) is 10.2 Å². The molecule has 0 aliphatic carbocycles. The van der Waals surface area contributed by atoms with Gasteiger partial charge in [0, 0.05) is 25.0 Å². The lowest BCUT2D eigenvalue weighted by Crippen LogP contribution is -2.35. The Bertz CT molecular complexity index is 660. The second kappa shape index (κ2) is 6.60. The Kier molecular flexibility index (Phi) is 4.54. The van der Waals surface area contributed by atoms with Gasteiger partial charge in [0.05, 0.1) is 5.69 Å². The van der Waals surface area contributed by atoms with Crippen LogP contribution in [-0.4, -0.2) is 37.8 Å². The average molecular weight is 318 g/mol. The number of nitrogens with zero attached hydrogens (tertiary/aromatic N) is 6. The largest absolute Gasteiger partial charge is 0.354 e. The summed E-state index contributed by atoms with van der Waals surface area (Å²) in [6.07, 6.45) is 5.69. The molecule has 2 aromatic rings. The first-order chi connectivity index (χ1) is 11.1. The SMILES string of the molecule is CCc1ncnc(N2CCC(c3nncn3C(C)C)CC2)c1F. The van der Waals surface area contributed by atoms with E-state index < -0.39 is 0 Å². The van der Waals surface area contributed by atoms with Crippen LogP contribution in [0.3, 0.4) is 0 Å². The Morgan fingerprint density at radius 3 is 2.65 bits per heavy atom. The smallest absolute Gasteiger partial charge is 0.187 e. The van der Waals surface area contributed by atoms with Gasteiger partial charge in [0.25, 0.3) is 0 Å². The van der Waals surface area contributed by atoms with E-state index in [0.29, 0.717) is 29.9 Å². The molecule has 1 aliphatic rings. The fourth-order valence-electron chi connectivity index (χ4n) is 3.15. The summed E-state index contributed by atoms with van der Waals surface area (Å²) in [5.41, 5.74) is 0.483. The highest BCUT2D eigenvalue weighted by molar-refractivity contribution is 5.41. The zero-order valence-electron chi connectivity index (χ0n) is 13.9. The van der Waals surface area contributed by atoms with E-state index in [0.717, 1.165) is 31.8 Å². The summed E-state index contributed by atoms with van der Waals surface area (Å²) in [6.45, 7) is 7.70. The number of anilines is 1. The topological polar surface area (TPSA) is 59.7 Å². The molecule has 6 nitrogen and oxygen atoms in total. The minimum atomic E-state index is -0.279. The maximum Gasteiger partial charge on any atom is 0.187 e. The van der Waals surface area contributed by atoms with Crippen molar-refractivity contribution in [1.29, 1.82) is 0 Å². The van der Waals surface area contributed by atoms with E-state index in [1.807, 2.05) is 11.8 Å². The van der Waals surface area contributed by atoms with Crippen LogP contribution in [0.5, 0.6) is 0 Å². The van der Waals surface area contributed by atoms with E-state index in [-0.39, 0.29) is 5.82 Å². The normalized spacial score (nSPS) is 16.3. The first-order valence-electron chi connectivity index (χ1n) is 8.25. The summed E-state index contributed by atoms with van der Waals surface area (Å²) in [4.78, 5) is 10.2. The van der Waals surface area contributed by atoms with Gasteiger partial charge in [-0.15, -0.1) is 10.2 Å². The first-order valence-corrected chi connectivity index (χ1v) is 8.25. The number of aromatic nitrogens is 5. The molecule has 2 aromatic heterocycles. The lowest BCUT2D eigenvalue weighted by molar-refractivity contribution is 0.443. The first kappa shape index (κ1) is 15.8. The molecule has 0 radical (unpaired) electrons. The van der Waals surface area contributed by atoms with Crippen LogP contribution in [0.1, 0.15) is 57.1 Å². The molecule has 124 valence electrons. The number of hydrogen-bond donors (Lipinski definition) is 0. The zero-order valence-corrected chi connectivity index (χ0v) is 13.9. The standard InChI is InChI=1S/C16H23FN6/c1-4-13-14(17)16(19-9-18-13)22-7-5-12(6-8-22)15-21-20-10-23(15)11(2)3/h9-12H,4-8H2,1-3H3. The highest BCUT2D eigenvalue weighted by Crippen LogP contribution is 2.30. The highest BCUT2D eigenvalue weighted by atomic mass is 19.1. The number of aryl methyl sites for hydroxylation is 1. The second-order valence-corrected chi connectivity index (χ2v) is 6.26. The number of halogens is 1. The van der Waals surface area contributed by atoms with Crippen LogP contribution < -0.4 is 4.90 Å². The van der Waals surface area contributed by atoms with E-state index in [1.54, 1.807) is 6.33 Å². The fourth-order valence-corrected chi connectivity index (χ4v) is 3.15. The van der Waals surface area contributed by atoms with Crippen molar-refractivity contribution < 1.29 is 4.39 Å². The molecule has 23 heavy (non-hydrogen) atoms. The van der Waals surface area contributed by atoms with E-state index in [1.165, 1.54) is 6.33 Å². The number of hydrogen-bond acceptors (Lipinski definition) is 5. The molecule has 0 unspecified atom stereocenters. The van der Waals surface area contributed by atoms with Crippen LogP contribution >= 0.6 is 0 Å². The highest BCUT2D eigenvalue weighted by Gasteiger charge is 2.27. The fraction of sp³-hybridized carbons (Fsp3) is 0.625. The van der Waals surface area contributed by atoms with Crippen molar-refractivity contribution in [3.8, 4) is 0 Å². The molecule has 0 amide bonds. The van der Waals surface area contributed by atoms with Gasteiger partial charge >= 0.3 is 0 Å². The molecule has 0 spiro atoms. The Balaban J connectivity index is 1.73. The van der Waals surface area contributed by atoms with Gasteiger partial charge in [-0.25, -0.2) is 14.4 Å².